The zero-order valence-corrected chi connectivity index (χ0v) is 17.0. The van der Waals surface area contributed by atoms with E-state index >= 15 is 0 Å². The minimum absolute atomic E-state index is 0.244. The summed E-state index contributed by atoms with van der Waals surface area (Å²) in [6.45, 7) is 10.0. The van der Waals surface area contributed by atoms with Crippen LogP contribution in [0.2, 0.25) is 0 Å². The predicted octanol–water partition coefficient (Wildman–Crippen LogP) is 2.38. The van der Waals surface area contributed by atoms with Gasteiger partial charge in [0, 0.05) is 54.9 Å². The van der Waals surface area contributed by atoms with Crippen molar-refractivity contribution in [2.24, 2.45) is 0 Å². The van der Waals surface area contributed by atoms with Crippen molar-refractivity contribution in [1.29, 1.82) is 0 Å². The number of nitrogens with zero attached hydrogens (tertiary/aromatic N) is 7. The molecule has 0 bridgehead atoms. The maximum atomic E-state index is 12.7. The highest BCUT2D eigenvalue weighted by Gasteiger charge is 2.17. The van der Waals surface area contributed by atoms with Gasteiger partial charge in [0.2, 0.25) is 0 Å². The average molecular weight is 392 g/mol. The lowest BCUT2D eigenvalue weighted by Crippen LogP contribution is -2.23. The van der Waals surface area contributed by atoms with Crippen molar-refractivity contribution in [2.45, 2.75) is 47.3 Å². The number of hydrogen-bond donors (Lipinski definition) is 1. The van der Waals surface area contributed by atoms with Crippen molar-refractivity contribution < 1.29 is 4.79 Å². The first-order valence-corrected chi connectivity index (χ1v) is 9.70. The van der Waals surface area contributed by atoms with Crippen LogP contribution in [0.5, 0.6) is 0 Å². The van der Waals surface area contributed by atoms with Gasteiger partial charge in [0.1, 0.15) is 0 Å². The first kappa shape index (κ1) is 18.9. The Labute approximate surface area is 168 Å². The molecular formula is C20H24N8O. The molecule has 150 valence electrons. The van der Waals surface area contributed by atoms with Gasteiger partial charge in [-0.3, -0.25) is 14.2 Å². The van der Waals surface area contributed by atoms with Gasteiger partial charge < -0.3 is 5.32 Å². The van der Waals surface area contributed by atoms with E-state index in [9.17, 15) is 4.79 Å². The van der Waals surface area contributed by atoms with Gasteiger partial charge in [-0.15, -0.1) is 0 Å². The summed E-state index contributed by atoms with van der Waals surface area (Å²) < 4.78 is 5.48. The third-order valence-electron chi connectivity index (χ3n) is 5.08. The van der Waals surface area contributed by atoms with E-state index in [1.807, 2.05) is 49.3 Å². The Balaban J connectivity index is 1.61. The number of aryl methyl sites for hydroxylation is 3. The quantitative estimate of drug-likeness (QED) is 0.544. The van der Waals surface area contributed by atoms with E-state index in [4.69, 9.17) is 0 Å². The van der Waals surface area contributed by atoms with Crippen molar-refractivity contribution in [2.75, 3.05) is 0 Å². The molecule has 0 spiro atoms. The van der Waals surface area contributed by atoms with Gasteiger partial charge >= 0.3 is 0 Å². The monoisotopic (exact) mass is 392 g/mol. The summed E-state index contributed by atoms with van der Waals surface area (Å²) >= 11 is 0. The number of nitrogens with one attached hydrogen (secondary N) is 1. The number of carbonyl (C=O) groups is 1. The van der Waals surface area contributed by atoms with Gasteiger partial charge in [0.25, 0.3) is 5.91 Å². The maximum Gasteiger partial charge on any atom is 0.272 e. The molecule has 0 fully saturated rings. The summed E-state index contributed by atoms with van der Waals surface area (Å²) in [5.74, 6) is -0.244. The molecule has 4 heterocycles. The normalized spacial score (nSPS) is 11.3. The zero-order valence-electron chi connectivity index (χ0n) is 17.0. The standard InChI is InChI=1S/C20H24N8O/c1-5-26-12-16(13(3)24-26)18-7-8-21-19-9-17(25-28(18)19)20(29)22-10-15-11-23-27(6-2)14(15)4/h7-9,11-12H,5-6,10H2,1-4H3,(H,22,29). The molecule has 4 rings (SSSR count). The molecule has 1 amide bonds. The van der Waals surface area contributed by atoms with E-state index in [0.717, 1.165) is 41.3 Å². The van der Waals surface area contributed by atoms with Crippen molar-refractivity contribution >= 4 is 11.6 Å². The van der Waals surface area contributed by atoms with Crippen molar-refractivity contribution in [3.8, 4) is 11.3 Å². The van der Waals surface area contributed by atoms with Gasteiger partial charge in [-0.05, 0) is 33.8 Å². The fourth-order valence-electron chi connectivity index (χ4n) is 3.39. The van der Waals surface area contributed by atoms with E-state index in [0.29, 0.717) is 17.9 Å². The highest BCUT2D eigenvalue weighted by molar-refractivity contribution is 5.93. The lowest BCUT2D eigenvalue weighted by atomic mass is 10.2. The molecule has 9 heteroatoms. The molecule has 1 N–H and O–H groups in total. The molecule has 0 atom stereocenters. The third-order valence-corrected chi connectivity index (χ3v) is 5.08. The van der Waals surface area contributed by atoms with E-state index in [2.05, 4.69) is 25.6 Å². The largest absolute Gasteiger partial charge is 0.346 e. The van der Waals surface area contributed by atoms with Crippen molar-refractivity contribution in [1.82, 2.24) is 39.5 Å². The molecular weight excluding hydrogens is 368 g/mol. The Morgan fingerprint density at radius 3 is 2.69 bits per heavy atom. The van der Waals surface area contributed by atoms with Gasteiger partial charge in [0.15, 0.2) is 11.3 Å². The summed E-state index contributed by atoms with van der Waals surface area (Å²) in [5, 5.41) is 16.2. The maximum absolute atomic E-state index is 12.7. The Morgan fingerprint density at radius 1 is 1.17 bits per heavy atom. The molecule has 0 aliphatic carbocycles. The van der Waals surface area contributed by atoms with E-state index in [1.54, 1.807) is 23.0 Å². The molecule has 4 aromatic heterocycles. The van der Waals surface area contributed by atoms with Crippen LogP contribution in [0.15, 0.2) is 30.7 Å². The topological polar surface area (TPSA) is 94.9 Å². The molecule has 0 unspecified atom stereocenters. The first-order chi connectivity index (χ1) is 14.0. The molecule has 29 heavy (non-hydrogen) atoms. The van der Waals surface area contributed by atoms with Crippen molar-refractivity contribution in [3.05, 3.63) is 53.4 Å². The van der Waals surface area contributed by atoms with Crippen LogP contribution in [0, 0.1) is 13.8 Å². The smallest absolute Gasteiger partial charge is 0.272 e. The lowest BCUT2D eigenvalue weighted by Gasteiger charge is -2.04. The van der Waals surface area contributed by atoms with E-state index in [1.165, 1.54) is 0 Å². The second kappa shape index (κ2) is 7.50. The summed E-state index contributed by atoms with van der Waals surface area (Å²) in [6, 6.07) is 3.58. The number of aromatic nitrogens is 7. The molecule has 0 radical (unpaired) electrons. The Kier molecular flexibility index (Phi) is 4.87. The third kappa shape index (κ3) is 3.39. The van der Waals surface area contributed by atoms with Crippen LogP contribution in [0.25, 0.3) is 16.9 Å². The molecule has 9 nitrogen and oxygen atoms in total. The fourth-order valence-corrected chi connectivity index (χ4v) is 3.39. The molecule has 4 aromatic rings. The number of rotatable bonds is 6. The zero-order chi connectivity index (χ0) is 20.5. The highest BCUT2D eigenvalue weighted by atomic mass is 16.1. The van der Waals surface area contributed by atoms with E-state index < -0.39 is 0 Å². The fraction of sp³-hybridized carbons (Fsp3) is 0.350. The second-order valence-corrected chi connectivity index (χ2v) is 6.87. The summed E-state index contributed by atoms with van der Waals surface area (Å²) in [6.07, 6.45) is 5.50. The van der Waals surface area contributed by atoms with Crippen LogP contribution in [0.1, 0.15) is 41.3 Å². The van der Waals surface area contributed by atoms with Crippen LogP contribution in [-0.4, -0.2) is 40.1 Å². The van der Waals surface area contributed by atoms with E-state index in [-0.39, 0.29) is 5.91 Å². The van der Waals surface area contributed by atoms with Crippen LogP contribution < -0.4 is 5.32 Å². The number of fused-ring (bicyclic) bond motifs is 1. The average Bonchev–Trinajstić information content (AvgIpc) is 3.42. The lowest BCUT2D eigenvalue weighted by molar-refractivity contribution is 0.0945. The molecule has 0 aliphatic heterocycles. The van der Waals surface area contributed by atoms with Crippen molar-refractivity contribution in [3.63, 3.8) is 0 Å². The molecule has 0 aromatic carbocycles. The van der Waals surface area contributed by atoms with Gasteiger partial charge in [-0.2, -0.15) is 15.3 Å². The number of hydrogen-bond acceptors (Lipinski definition) is 5. The highest BCUT2D eigenvalue weighted by Crippen LogP contribution is 2.23. The molecule has 0 saturated heterocycles. The summed E-state index contributed by atoms with van der Waals surface area (Å²) in [4.78, 5) is 17.0. The molecule has 0 aliphatic rings. The Morgan fingerprint density at radius 2 is 2.00 bits per heavy atom. The van der Waals surface area contributed by atoms with Gasteiger partial charge in [-0.25, -0.2) is 9.50 Å². The summed E-state index contributed by atoms with van der Waals surface area (Å²) in [5.41, 5.74) is 5.71. The second-order valence-electron chi connectivity index (χ2n) is 6.87. The minimum atomic E-state index is -0.244. The summed E-state index contributed by atoms with van der Waals surface area (Å²) in [7, 11) is 0. The Hall–Kier alpha value is -3.49. The number of amides is 1. The first-order valence-electron chi connectivity index (χ1n) is 9.70. The minimum Gasteiger partial charge on any atom is -0.346 e. The van der Waals surface area contributed by atoms with Crippen LogP contribution >= 0.6 is 0 Å². The Bertz CT molecular complexity index is 1180. The van der Waals surface area contributed by atoms with Crippen LogP contribution in [0.4, 0.5) is 0 Å². The van der Waals surface area contributed by atoms with Crippen LogP contribution in [-0.2, 0) is 19.6 Å². The van der Waals surface area contributed by atoms with Gasteiger partial charge in [-0.1, -0.05) is 0 Å². The predicted molar refractivity (Wildman–Crippen MR) is 108 cm³/mol. The van der Waals surface area contributed by atoms with Gasteiger partial charge in [0.05, 0.1) is 17.6 Å². The van der Waals surface area contributed by atoms with Crippen LogP contribution in [0.3, 0.4) is 0 Å². The molecule has 0 saturated carbocycles. The SMILES string of the molecule is CCn1cc(-c2ccnc3cc(C(=O)NCc4cnn(CC)c4C)nn23)c(C)n1. The number of carbonyl (C=O) groups excluding carboxylic acids is 1.